The summed E-state index contributed by atoms with van der Waals surface area (Å²) in [7, 11) is 0. The van der Waals surface area contributed by atoms with Crippen LogP contribution in [0, 0.1) is 11.8 Å². The molecule has 0 unspecified atom stereocenters. The molecule has 8 heteroatoms. The fourth-order valence-corrected chi connectivity index (χ4v) is 7.08. The van der Waals surface area contributed by atoms with Gasteiger partial charge in [0.25, 0.3) is 5.92 Å². The van der Waals surface area contributed by atoms with Gasteiger partial charge >= 0.3 is 0 Å². The topological polar surface area (TPSA) is 50.7 Å². The van der Waals surface area contributed by atoms with Crippen molar-refractivity contribution in [3.63, 3.8) is 0 Å². The number of nitrogens with zero attached hydrogens (tertiary/aromatic N) is 3. The van der Waals surface area contributed by atoms with Gasteiger partial charge in [0.05, 0.1) is 24.1 Å². The molecule has 0 amide bonds. The van der Waals surface area contributed by atoms with Crippen molar-refractivity contribution >= 4 is 34.9 Å². The van der Waals surface area contributed by atoms with Gasteiger partial charge < -0.3 is 9.88 Å². The number of likely N-dealkylation sites (tertiary alicyclic amines) is 1. The number of thiophene rings is 1. The first-order chi connectivity index (χ1) is 21.2. The Balaban J connectivity index is 1.29. The SMILES string of the molecule is C=C[C@H](C)/C=C(\C=C(/C)CN1CCC(F)(F)C1)C1=C[C@H](C)C=c2[nH]nc(-c3cc4c([nH]3)N3CC3=CC=C4c3ccsc3)c2=C1. The van der Waals surface area contributed by atoms with E-state index in [1.54, 1.807) is 11.3 Å². The first-order valence-electron chi connectivity index (χ1n) is 15.2. The van der Waals surface area contributed by atoms with Crippen LogP contribution in [-0.2, 0) is 0 Å². The zero-order chi connectivity index (χ0) is 30.6. The zero-order valence-corrected chi connectivity index (χ0v) is 26.1. The molecular weight excluding hydrogens is 572 g/mol. The highest BCUT2D eigenvalue weighted by Gasteiger charge is 2.38. The fraction of sp³-hybridized carbons (Fsp3) is 0.306. The second-order valence-electron chi connectivity index (χ2n) is 12.5. The summed E-state index contributed by atoms with van der Waals surface area (Å²) in [6, 6.07) is 4.39. The molecule has 1 aliphatic carbocycles. The number of allylic oxidation sites excluding steroid dienone is 8. The standard InChI is InChI=1S/C36H37F2N5S/c1-5-22(2)12-26(14-24(4)18-42-10-9-36(37,38)21-42)27-13-23(3)15-32-31(16-27)34(41-40-32)33-17-30-29(25-8-11-44-20-25)7-6-28-19-43(28)35(30)39-33/h5-8,11-17,20,22-23,39-40H,1,9-10,18-19,21H2,2-4H3/b24-14+,26-12+/t22-,23-,43?/m0/s1. The minimum Gasteiger partial charge on any atom is -0.339 e. The minimum atomic E-state index is -2.60. The summed E-state index contributed by atoms with van der Waals surface area (Å²) < 4.78 is 27.8. The first kappa shape index (κ1) is 28.7. The van der Waals surface area contributed by atoms with Gasteiger partial charge in [0.1, 0.15) is 11.5 Å². The number of rotatable bonds is 8. The van der Waals surface area contributed by atoms with E-state index in [9.17, 15) is 8.78 Å². The van der Waals surface area contributed by atoms with Crippen molar-refractivity contribution in [2.75, 3.05) is 31.1 Å². The van der Waals surface area contributed by atoms with Crippen molar-refractivity contribution in [3.8, 4) is 11.4 Å². The van der Waals surface area contributed by atoms with E-state index in [2.05, 4.69) is 101 Å². The lowest BCUT2D eigenvalue weighted by molar-refractivity contribution is 0.0131. The van der Waals surface area contributed by atoms with Gasteiger partial charge in [-0.25, -0.2) is 8.78 Å². The highest BCUT2D eigenvalue weighted by molar-refractivity contribution is 7.08. The Hall–Kier alpha value is -4.01. The van der Waals surface area contributed by atoms with Crippen molar-refractivity contribution in [2.45, 2.75) is 33.1 Å². The minimum absolute atomic E-state index is 0.0725. The third-order valence-corrected chi connectivity index (χ3v) is 9.41. The molecule has 226 valence electrons. The molecule has 44 heavy (non-hydrogen) atoms. The summed E-state index contributed by atoms with van der Waals surface area (Å²) in [5.74, 6) is -1.20. The summed E-state index contributed by atoms with van der Waals surface area (Å²) in [5.41, 5.74) is 9.92. The molecule has 2 saturated heterocycles. The highest BCUT2D eigenvalue weighted by atomic mass is 32.1. The van der Waals surface area contributed by atoms with E-state index in [1.807, 2.05) is 17.9 Å². The van der Waals surface area contributed by atoms with Crippen LogP contribution in [0.4, 0.5) is 14.6 Å². The number of hydrogen-bond donors (Lipinski definition) is 2. The lowest BCUT2D eigenvalue weighted by Crippen LogP contribution is -2.26. The number of H-pyrrole nitrogens is 2. The maximum atomic E-state index is 13.9. The Morgan fingerprint density at radius 3 is 2.91 bits per heavy atom. The summed E-state index contributed by atoms with van der Waals surface area (Å²) in [6.07, 6.45) is 17.3. The molecule has 2 N–H and O–H groups in total. The Kier molecular flexibility index (Phi) is 7.29. The molecule has 3 aromatic heterocycles. The number of halogens is 2. The maximum Gasteiger partial charge on any atom is 0.261 e. The molecule has 0 bridgehead atoms. The molecule has 3 aliphatic heterocycles. The van der Waals surface area contributed by atoms with Crippen LogP contribution in [0.25, 0.3) is 29.1 Å². The van der Waals surface area contributed by atoms with E-state index in [0.29, 0.717) is 13.1 Å². The second-order valence-corrected chi connectivity index (χ2v) is 13.3. The lowest BCUT2D eigenvalue weighted by Gasteiger charge is -2.17. The van der Waals surface area contributed by atoms with Crippen molar-refractivity contribution in [1.29, 1.82) is 0 Å². The third kappa shape index (κ3) is 5.64. The molecule has 0 spiro atoms. The van der Waals surface area contributed by atoms with Crippen LogP contribution in [0.5, 0.6) is 0 Å². The molecule has 0 aromatic carbocycles. The number of aromatic amines is 2. The third-order valence-electron chi connectivity index (χ3n) is 8.73. The zero-order valence-electron chi connectivity index (χ0n) is 25.3. The second kappa shape index (κ2) is 11.2. The quantitative estimate of drug-likeness (QED) is 0.168. The number of hydrogen-bond acceptors (Lipinski definition) is 4. The molecule has 6 heterocycles. The molecule has 3 aromatic rings. The molecule has 4 aliphatic rings. The molecule has 7 rings (SSSR count). The van der Waals surface area contributed by atoms with Gasteiger partial charge in [-0.3, -0.25) is 10.00 Å². The van der Waals surface area contributed by atoms with E-state index >= 15 is 0 Å². The van der Waals surface area contributed by atoms with Crippen molar-refractivity contribution in [1.82, 2.24) is 20.1 Å². The van der Waals surface area contributed by atoms with Crippen LogP contribution >= 0.6 is 11.3 Å². The Morgan fingerprint density at radius 1 is 1.30 bits per heavy atom. The Morgan fingerprint density at radius 2 is 2.16 bits per heavy atom. The van der Waals surface area contributed by atoms with E-state index in [4.69, 9.17) is 5.10 Å². The van der Waals surface area contributed by atoms with Crippen LogP contribution < -0.4 is 15.5 Å². The largest absolute Gasteiger partial charge is 0.339 e. The van der Waals surface area contributed by atoms with Crippen LogP contribution in [0.1, 0.15) is 38.3 Å². The van der Waals surface area contributed by atoms with Gasteiger partial charge in [0, 0.05) is 36.0 Å². The summed E-state index contributed by atoms with van der Waals surface area (Å²) in [5, 5.41) is 14.5. The van der Waals surface area contributed by atoms with Gasteiger partial charge in [0.2, 0.25) is 0 Å². The van der Waals surface area contributed by atoms with E-state index in [0.717, 1.165) is 51.0 Å². The van der Waals surface area contributed by atoms with Crippen LogP contribution in [0.3, 0.4) is 0 Å². The molecule has 2 atom stereocenters. The molecule has 5 nitrogen and oxygen atoms in total. The summed E-state index contributed by atoms with van der Waals surface area (Å²) in [4.78, 5) is 7.87. The van der Waals surface area contributed by atoms with Crippen LogP contribution in [0.15, 0.2) is 88.3 Å². The normalized spacial score (nSPS) is 21.9. The Labute approximate surface area is 260 Å². The van der Waals surface area contributed by atoms with Crippen LogP contribution in [0.2, 0.25) is 0 Å². The number of anilines is 1. The average molecular weight is 610 g/mol. The summed E-state index contributed by atoms with van der Waals surface area (Å²) in [6.45, 7) is 12.0. The molecule has 0 saturated carbocycles. The van der Waals surface area contributed by atoms with Gasteiger partial charge in [-0.05, 0) is 76.1 Å². The monoisotopic (exact) mass is 609 g/mol. The van der Waals surface area contributed by atoms with Crippen molar-refractivity contribution in [2.24, 2.45) is 11.8 Å². The predicted octanol–water partition coefficient (Wildman–Crippen LogP) is 6.79. The van der Waals surface area contributed by atoms with Crippen LogP contribution in [-0.4, -0.2) is 52.2 Å². The lowest BCUT2D eigenvalue weighted by atomic mass is 9.95. The first-order valence-corrected chi connectivity index (χ1v) is 16.2. The predicted molar refractivity (Wildman–Crippen MR) is 178 cm³/mol. The molecule has 2 fully saturated rings. The van der Waals surface area contributed by atoms with E-state index < -0.39 is 5.92 Å². The van der Waals surface area contributed by atoms with Gasteiger partial charge in [-0.2, -0.15) is 16.4 Å². The number of nitrogens with one attached hydrogen (secondary N) is 2. The number of fused-ring (bicyclic) bond motifs is 4. The fourth-order valence-electron chi connectivity index (χ4n) is 6.42. The van der Waals surface area contributed by atoms with E-state index in [1.165, 1.54) is 22.4 Å². The maximum absolute atomic E-state index is 13.9. The van der Waals surface area contributed by atoms with Gasteiger partial charge in [-0.15, -0.1) is 6.58 Å². The summed E-state index contributed by atoms with van der Waals surface area (Å²) >= 11 is 1.70. The average Bonchev–Trinajstić information content (AvgIpc) is 3.32. The molecule has 0 radical (unpaired) electrons. The highest BCUT2D eigenvalue weighted by Crippen LogP contribution is 2.43. The van der Waals surface area contributed by atoms with Gasteiger partial charge in [-0.1, -0.05) is 55.9 Å². The van der Waals surface area contributed by atoms with E-state index in [-0.39, 0.29) is 24.8 Å². The van der Waals surface area contributed by atoms with Crippen molar-refractivity contribution < 1.29 is 8.78 Å². The molecular formula is C36H37F2N5S. The van der Waals surface area contributed by atoms with Gasteiger partial charge in [0.15, 0.2) is 0 Å². The van der Waals surface area contributed by atoms with Crippen molar-refractivity contribution in [3.05, 3.63) is 110 Å². The number of aromatic nitrogens is 3. The Bertz CT molecular complexity index is 1900. The smallest absolute Gasteiger partial charge is 0.261 e. The number of alkyl halides is 2.